The predicted octanol–water partition coefficient (Wildman–Crippen LogP) is 1.43. The van der Waals surface area contributed by atoms with Gasteiger partial charge in [0.25, 0.3) is 0 Å². The van der Waals surface area contributed by atoms with Crippen LogP contribution in [0.15, 0.2) is 24.9 Å². The molecule has 0 saturated carbocycles. The minimum absolute atomic E-state index is 0.0347. The second kappa shape index (κ2) is 2.31. The van der Waals surface area contributed by atoms with Crippen molar-refractivity contribution in [3.05, 3.63) is 30.5 Å². The van der Waals surface area contributed by atoms with Crippen molar-refractivity contribution in [2.75, 3.05) is 0 Å². The zero-order valence-corrected chi connectivity index (χ0v) is 4.91. The molecule has 0 aliphatic rings. The Morgan fingerprint density at radius 3 is 2.89 bits per heavy atom. The molecule has 0 aromatic carbocycles. The van der Waals surface area contributed by atoms with Crippen LogP contribution in [-0.2, 0) is 0 Å². The SMILES string of the molecule is C=Cc1cccnc1O. The molecule has 1 heterocycles. The maximum atomic E-state index is 8.93. The van der Waals surface area contributed by atoms with E-state index in [9.17, 15) is 0 Å². The van der Waals surface area contributed by atoms with Crippen molar-refractivity contribution in [3.8, 4) is 5.88 Å². The van der Waals surface area contributed by atoms with Crippen molar-refractivity contribution >= 4 is 6.08 Å². The van der Waals surface area contributed by atoms with Gasteiger partial charge in [-0.3, -0.25) is 0 Å². The fraction of sp³-hybridized carbons (Fsp3) is 0. The van der Waals surface area contributed by atoms with E-state index in [0.717, 1.165) is 0 Å². The van der Waals surface area contributed by atoms with Gasteiger partial charge in [0.15, 0.2) is 0 Å². The summed E-state index contributed by atoms with van der Waals surface area (Å²) in [5, 5.41) is 8.93. The largest absolute Gasteiger partial charge is 0.493 e. The Hall–Kier alpha value is -1.31. The highest BCUT2D eigenvalue weighted by molar-refractivity contribution is 5.51. The molecule has 1 aromatic rings. The fourth-order valence-corrected chi connectivity index (χ4v) is 0.569. The molecule has 0 bridgehead atoms. The van der Waals surface area contributed by atoms with Gasteiger partial charge in [0.1, 0.15) is 0 Å². The Labute approximate surface area is 53.5 Å². The molecule has 0 aliphatic heterocycles. The average Bonchev–Trinajstić information content (AvgIpc) is 1.89. The van der Waals surface area contributed by atoms with Gasteiger partial charge in [-0.2, -0.15) is 0 Å². The second-order valence-corrected chi connectivity index (χ2v) is 1.62. The third-order valence-corrected chi connectivity index (χ3v) is 1.04. The quantitative estimate of drug-likeness (QED) is 0.609. The van der Waals surface area contributed by atoms with Gasteiger partial charge >= 0.3 is 0 Å². The van der Waals surface area contributed by atoms with E-state index < -0.39 is 0 Å². The topological polar surface area (TPSA) is 33.1 Å². The molecular weight excluding hydrogens is 114 g/mol. The molecule has 0 fully saturated rings. The summed E-state index contributed by atoms with van der Waals surface area (Å²) >= 11 is 0. The van der Waals surface area contributed by atoms with E-state index in [1.54, 1.807) is 18.2 Å². The zero-order valence-electron chi connectivity index (χ0n) is 4.91. The first-order valence-corrected chi connectivity index (χ1v) is 2.61. The van der Waals surface area contributed by atoms with E-state index in [-0.39, 0.29) is 5.88 Å². The number of aromatic hydroxyl groups is 1. The zero-order chi connectivity index (χ0) is 6.69. The summed E-state index contributed by atoms with van der Waals surface area (Å²) in [6.45, 7) is 3.49. The van der Waals surface area contributed by atoms with Crippen molar-refractivity contribution in [2.24, 2.45) is 0 Å². The van der Waals surface area contributed by atoms with Gasteiger partial charge in [0, 0.05) is 11.8 Å². The summed E-state index contributed by atoms with van der Waals surface area (Å²) in [4.78, 5) is 3.63. The maximum Gasteiger partial charge on any atom is 0.218 e. The summed E-state index contributed by atoms with van der Waals surface area (Å²) < 4.78 is 0. The van der Waals surface area contributed by atoms with Crippen molar-refractivity contribution < 1.29 is 5.11 Å². The molecule has 0 spiro atoms. The summed E-state index contributed by atoms with van der Waals surface area (Å²) in [6.07, 6.45) is 3.09. The molecule has 1 aromatic heterocycles. The van der Waals surface area contributed by atoms with E-state index in [0.29, 0.717) is 5.56 Å². The van der Waals surface area contributed by atoms with Crippen LogP contribution >= 0.6 is 0 Å². The lowest BCUT2D eigenvalue weighted by atomic mass is 10.3. The molecule has 0 saturated heterocycles. The van der Waals surface area contributed by atoms with Crippen LogP contribution in [-0.4, -0.2) is 10.1 Å². The third kappa shape index (κ3) is 1.08. The average molecular weight is 121 g/mol. The minimum atomic E-state index is 0.0347. The van der Waals surface area contributed by atoms with Crippen LogP contribution in [0.25, 0.3) is 6.08 Å². The number of hydrogen-bond acceptors (Lipinski definition) is 2. The lowest BCUT2D eigenvalue weighted by Crippen LogP contribution is -1.75. The molecule has 46 valence electrons. The number of hydrogen-bond donors (Lipinski definition) is 1. The van der Waals surface area contributed by atoms with Crippen LogP contribution in [0.1, 0.15) is 5.56 Å². The Morgan fingerprint density at radius 1 is 1.67 bits per heavy atom. The minimum Gasteiger partial charge on any atom is -0.493 e. The Bertz CT molecular complexity index is 220. The summed E-state index contributed by atoms with van der Waals surface area (Å²) in [5.74, 6) is 0.0347. The van der Waals surface area contributed by atoms with Crippen LogP contribution in [0.4, 0.5) is 0 Å². The predicted molar refractivity (Wildman–Crippen MR) is 36.0 cm³/mol. The summed E-state index contributed by atoms with van der Waals surface area (Å²) in [7, 11) is 0. The van der Waals surface area contributed by atoms with Crippen LogP contribution in [0.5, 0.6) is 5.88 Å². The Balaban J connectivity index is 3.15. The molecule has 2 nitrogen and oxygen atoms in total. The lowest BCUT2D eigenvalue weighted by Gasteiger charge is -1.92. The standard InChI is InChI=1S/C7H7NO/c1-2-6-4-3-5-8-7(6)9/h2-5H,1H2,(H,8,9). The molecule has 1 rings (SSSR count). The fourth-order valence-electron chi connectivity index (χ4n) is 0.569. The Kier molecular flexibility index (Phi) is 1.49. The van der Waals surface area contributed by atoms with Gasteiger partial charge < -0.3 is 5.11 Å². The molecule has 9 heavy (non-hydrogen) atoms. The van der Waals surface area contributed by atoms with Crippen molar-refractivity contribution in [1.82, 2.24) is 4.98 Å². The molecule has 2 heteroatoms. The van der Waals surface area contributed by atoms with Crippen molar-refractivity contribution in [3.63, 3.8) is 0 Å². The van der Waals surface area contributed by atoms with Gasteiger partial charge in [-0.25, -0.2) is 4.98 Å². The molecule has 0 amide bonds. The van der Waals surface area contributed by atoms with Gasteiger partial charge in [-0.05, 0) is 12.1 Å². The highest BCUT2D eigenvalue weighted by Crippen LogP contribution is 2.11. The van der Waals surface area contributed by atoms with Crippen LogP contribution < -0.4 is 0 Å². The summed E-state index contributed by atoms with van der Waals surface area (Å²) in [5.41, 5.74) is 0.664. The van der Waals surface area contributed by atoms with Gasteiger partial charge in [0.2, 0.25) is 5.88 Å². The van der Waals surface area contributed by atoms with Crippen molar-refractivity contribution in [2.45, 2.75) is 0 Å². The first kappa shape index (κ1) is 5.82. The molecule has 1 N–H and O–H groups in total. The highest BCUT2D eigenvalue weighted by Gasteiger charge is 1.91. The highest BCUT2D eigenvalue weighted by atomic mass is 16.3. The molecule has 0 aliphatic carbocycles. The molecule has 0 radical (unpaired) electrons. The van der Waals surface area contributed by atoms with Gasteiger partial charge in [0.05, 0.1) is 0 Å². The maximum absolute atomic E-state index is 8.93. The van der Waals surface area contributed by atoms with E-state index in [1.807, 2.05) is 0 Å². The van der Waals surface area contributed by atoms with E-state index in [2.05, 4.69) is 11.6 Å². The molecule has 0 unspecified atom stereocenters. The van der Waals surface area contributed by atoms with E-state index >= 15 is 0 Å². The number of nitrogens with zero attached hydrogens (tertiary/aromatic N) is 1. The smallest absolute Gasteiger partial charge is 0.218 e. The third-order valence-electron chi connectivity index (χ3n) is 1.04. The molecular formula is C7H7NO. The normalized spacial score (nSPS) is 8.89. The van der Waals surface area contributed by atoms with Crippen LogP contribution in [0, 0.1) is 0 Å². The monoisotopic (exact) mass is 121 g/mol. The first-order chi connectivity index (χ1) is 4.34. The van der Waals surface area contributed by atoms with Crippen molar-refractivity contribution in [1.29, 1.82) is 0 Å². The second-order valence-electron chi connectivity index (χ2n) is 1.62. The van der Waals surface area contributed by atoms with E-state index in [1.165, 1.54) is 6.20 Å². The first-order valence-electron chi connectivity index (χ1n) is 2.61. The van der Waals surface area contributed by atoms with Gasteiger partial charge in [-0.1, -0.05) is 12.7 Å². The number of pyridine rings is 1. The van der Waals surface area contributed by atoms with Crippen LogP contribution in [0.2, 0.25) is 0 Å². The van der Waals surface area contributed by atoms with Gasteiger partial charge in [-0.15, -0.1) is 0 Å². The number of rotatable bonds is 1. The van der Waals surface area contributed by atoms with E-state index in [4.69, 9.17) is 5.11 Å². The van der Waals surface area contributed by atoms with Crippen LogP contribution in [0.3, 0.4) is 0 Å². The lowest BCUT2D eigenvalue weighted by molar-refractivity contribution is 0.452. The molecule has 0 atom stereocenters. The summed E-state index contributed by atoms with van der Waals surface area (Å²) in [6, 6.07) is 3.49. The Morgan fingerprint density at radius 2 is 2.44 bits per heavy atom. The number of aromatic nitrogens is 1.